The van der Waals surface area contributed by atoms with Crippen molar-refractivity contribution in [3.63, 3.8) is 0 Å². The van der Waals surface area contributed by atoms with E-state index >= 15 is 0 Å². The normalized spacial score (nSPS) is 14.7. The Kier molecular flexibility index (Phi) is 6.90. The van der Waals surface area contributed by atoms with E-state index in [-0.39, 0.29) is 0 Å². The van der Waals surface area contributed by atoms with Crippen LogP contribution in [0.1, 0.15) is 0 Å². The van der Waals surface area contributed by atoms with Crippen LogP contribution in [0.2, 0.25) is 0 Å². The Labute approximate surface area is 116 Å². The Balaban J connectivity index is 4.06. The maximum Gasteiger partial charge on any atom is 0.455 e. The van der Waals surface area contributed by atoms with Crippen molar-refractivity contribution in [2.75, 3.05) is 26.4 Å². The van der Waals surface area contributed by atoms with E-state index in [1.807, 2.05) is 0 Å². The smallest absolute Gasteiger partial charge is 0.388 e. The summed E-state index contributed by atoms with van der Waals surface area (Å²) in [7, 11) is 0. The van der Waals surface area contributed by atoms with E-state index in [4.69, 9.17) is 5.11 Å². The van der Waals surface area contributed by atoms with E-state index in [2.05, 4.69) is 9.47 Å². The molecule has 134 valence electrons. The van der Waals surface area contributed by atoms with Gasteiger partial charge in [0.2, 0.25) is 0 Å². The van der Waals surface area contributed by atoms with E-state index < -0.39 is 56.7 Å². The SMILES string of the molecule is OC(COCC(F)(F)C(F)(F)F)COCC(F)(F)C(F)(F)F. The summed E-state index contributed by atoms with van der Waals surface area (Å²) in [5.74, 6) is -10.4. The summed E-state index contributed by atoms with van der Waals surface area (Å²) in [4.78, 5) is 0. The van der Waals surface area contributed by atoms with Crippen molar-refractivity contribution in [2.45, 2.75) is 30.3 Å². The molecule has 0 atom stereocenters. The van der Waals surface area contributed by atoms with Crippen LogP contribution in [-0.4, -0.2) is 61.8 Å². The molecule has 0 aromatic carbocycles. The van der Waals surface area contributed by atoms with Crippen molar-refractivity contribution >= 4 is 0 Å². The molecule has 1 N–H and O–H groups in total. The lowest BCUT2D eigenvalue weighted by Crippen LogP contribution is -2.42. The van der Waals surface area contributed by atoms with Gasteiger partial charge in [0, 0.05) is 0 Å². The number of aliphatic hydroxyl groups excluding tert-OH is 1. The van der Waals surface area contributed by atoms with Gasteiger partial charge in [-0.3, -0.25) is 0 Å². The average Bonchev–Trinajstić information content (AvgIpc) is 2.25. The van der Waals surface area contributed by atoms with Crippen LogP contribution in [0.4, 0.5) is 43.9 Å². The minimum atomic E-state index is -5.89. The van der Waals surface area contributed by atoms with Crippen LogP contribution in [0.5, 0.6) is 0 Å². The predicted octanol–water partition coefficient (Wildman–Crippen LogP) is 2.78. The lowest BCUT2D eigenvalue weighted by molar-refractivity contribution is -0.301. The Hall–Kier alpha value is -0.820. The lowest BCUT2D eigenvalue weighted by atomic mass is 10.3. The Morgan fingerprint density at radius 1 is 0.636 bits per heavy atom. The minimum Gasteiger partial charge on any atom is -0.388 e. The first-order valence-corrected chi connectivity index (χ1v) is 5.33. The van der Waals surface area contributed by atoms with Crippen molar-refractivity contribution in [1.29, 1.82) is 0 Å². The summed E-state index contributed by atoms with van der Waals surface area (Å²) in [5.41, 5.74) is 0. The topological polar surface area (TPSA) is 38.7 Å². The van der Waals surface area contributed by atoms with Crippen molar-refractivity contribution < 1.29 is 58.5 Å². The van der Waals surface area contributed by atoms with Crippen molar-refractivity contribution in [1.82, 2.24) is 0 Å². The molecule has 0 amide bonds. The second kappa shape index (κ2) is 7.17. The van der Waals surface area contributed by atoms with E-state index in [0.717, 1.165) is 0 Å². The zero-order valence-corrected chi connectivity index (χ0v) is 10.4. The van der Waals surface area contributed by atoms with Crippen molar-refractivity contribution in [3.8, 4) is 0 Å². The van der Waals surface area contributed by atoms with E-state index in [1.54, 1.807) is 0 Å². The van der Waals surface area contributed by atoms with Crippen LogP contribution in [0.25, 0.3) is 0 Å². The first kappa shape index (κ1) is 21.2. The number of hydrogen-bond acceptors (Lipinski definition) is 3. The number of rotatable bonds is 8. The number of alkyl halides is 10. The van der Waals surface area contributed by atoms with Gasteiger partial charge in [0.25, 0.3) is 0 Å². The van der Waals surface area contributed by atoms with E-state index in [1.165, 1.54) is 0 Å². The third-order valence-electron chi connectivity index (χ3n) is 2.02. The molecule has 3 nitrogen and oxygen atoms in total. The third kappa shape index (κ3) is 6.52. The quantitative estimate of drug-likeness (QED) is 0.680. The van der Waals surface area contributed by atoms with Gasteiger partial charge in [-0.05, 0) is 0 Å². The molecule has 0 aliphatic heterocycles. The fraction of sp³-hybridized carbons (Fsp3) is 1.00. The lowest BCUT2D eigenvalue weighted by Gasteiger charge is -2.21. The van der Waals surface area contributed by atoms with Crippen LogP contribution in [0.3, 0.4) is 0 Å². The molecule has 13 heteroatoms. The first-order valence-electron chi connectivity index (χ1n) is 5.33. The van der Waals surface area contributed by atoms with Gasteiger partial charge in [0.15, 0.2) is 0 Å². The van der Waals surface area contributed by atoms with Crippen LogP contribution < -0.4 is 0 Å². The maximum absolute atomic E-state index is 12.3. The highest BCUT2D eigenvalue weighted by Crippen LogP contribution is 2.36. The number of aliphatic hydroxyl groups is 1. The monoisotopic (exact) mass is 356 g/mol. The van der Waals surface area contributed by atoms with Gasteiger partial charge in [0.1, 0.15) is 19.3 Å². The molecule has 0 unspecified atom stereocenters. The maximum atomic E-state index is 12.3. The molecule has 0 spiro atoms. The number of hydrogen-bond donors (Lipinski definition) is 1. The minimum absolute atomic E-state index is 1.18. The number of halogens is 10. The van der Waals surface area contributed by atoms with Gasteiger partial charge in [-0.2, -0.15) is 43.9 Å². The second-order valence-electron chi connectivity index (χ2n) is 4.09. The van der Waals surface area contributed by atoms with Gasteiger partial charge in [-0.25, -0.2) is 0 Å². The largest absolute Gasteiger partial charge is 0.455 e. The van der Waals surface area contributed by atoms with E-state index in [0.29, 0.717) is 0 Å². The molecule has 0 radical (unpaired) electrons. The summed E-state index contributed by atoms with van der Waals surface area (Å²) in [6.45, 7) is -6.65. The molecule has 22 heavy (non-hydrogen) atoms. The molecule has 0 aliphatic carbocycles. The summed E-state index contributed by atoms with van der Waals surface area (Å²) in [6.07, 6.45) is -13.7. The Morgan fingerprint density at radius 2 is 0.909 bits per heavy atom. The number of ether oxygens (including phenoxy) is 2. The molecule has 0 aromatic heterocycles. The highest BCUT2D eigenvalue weighted by molar-refractivity contribution is 4.76. The highest BCUT2D eigenvalue weighted by Gasteiger charge is 2.58. The van der Waals surface area contributed by atoms with E-state index in [9.17, 15) is 43.9 Å². The van der Waals surface area contributed by atoms with Gasteiger partial charge < -0.3 is 14.6 Å². The average molecular weight is 356 g/mol. The highest BCUT2D eigenvalue weighted by atomic mass is 19.4. The van der Waals surface area contributed by atoms with Gasteiger partial charge >= 0.3 is 24.2 Å². The van der Waals surface area contributed by atoms with Gasteiger partial charge in [-0.15, -0.1) is 0 Å². The standard InChI is InChI=1S/C9H10F10O3/c10-6(11,8(14,15)16)3-21-1-5(20)2-22-4-7(12,13)9(17,18)19/h5,20H,1-4H2. The molecule has 0 fully saturated rings. The van der Waals surface area contributed by atoms with Crippen LogP contribution in [0.15, 0.2) is 0 Å². The zero-order valence-electron chi connectivity index (χ0n) is 10.4. The van der Waals surface area contributed by atoms with Crippen LogP contribution in [0, 0.1) is 0 Å². The first-order chi connectivity index (χ1) is 9.60. The summed E-state index contributed by atoms with van der Waals surface area (Å²) >= 11 is 0. The molecular weight excluding hydrogens is 346 g/mol. The fourth-order valence-electron chi connectivity index (χ4n) is 0.858. The Morgan fingerprint density at radius 3 is 1.14 bits per heavy atom. The van der Waals surface area contributed by atoms with Gasteiger partial charge in [0.05, 0.1) is 13.2 Å². The summed E-state index contributed by atoms with van der Waals surface area (Å²) in [5, 5.41) is 8.95. The second-order valence-corrected chi connectivity index (χ2v) is 4.09. The molecule has 0 rings (SSSR count). The molecule has 0 saturated carbocycles. The van der Waals surface area contributed by atoms with Gasteiger partial charge in [-0.1, -0.05) is 0 Å². The fourth-order valence-corrected chi connectivity index (χ4v) is 0.858. The molecule has 0 aliphatic rings. The van der Waals surface area contributed by atoms with Crippen molar-refractivity contribution in [2.24, 2.45) is 0 Å². The molecule has 0 aromatic rings. The van der Waals surface area contributed by atoms with Crippen LogP contribution >= 0.6 is 0 Å². The molecule has 0 saturated heterocycles. The molecule has 0 heterocycles. The zero-order chi connectivity index (χ0) is 17.8. The predicted molar refractivity (Wildman–Crippen MR) is 49.6 cm³/mol. The molecular formula is C9H10F10O3. The van der Waals surface area contributed by atoms with Crippen molar-refractivity contribution in [3.05, 3.63) is 0 Å². The Bertz CT molecular complexity index is 306. The summed E-state index contributed by atoms with van der Waals surface area (Å²) in [6, 6.07) is 0. The molecule has 0 bridgehead atoms. The third-order valence-corrected chi connectivity index (χ3v) is 2.02. The summed E-state index contributed by atoms with van der Waals surface area (Å²) < 4.78 is 127. The van der Waals surface area contributed by atoms with Crippen LogP contribution in [-0.2, 0) is 9.47 Å².